The van der Waals surface area contributed by atoms with Crippen LogP contribution in [0.2, 0.25) is 0 Å². The van der Waals surface area contributed by atoms with Gasteiger partial charge in [0, 0.05) is 0 Å². The van der Waals surface area contributed by atoms with Crippen LogP contribution in [-0.2, 0) is 4.79 Å². The average molecular weight is 750 g/mol. The fourth-order valence-electron chi connectivity index (χ4n) is 7.64. The Morgan fingerprint density at radius 3 is 1.09 bits per heavy atom. The summed E-state index contributed by atoms with van der Waals surface area (Å²) in [5.74, 6) is -0.284. The summed E-state index contributed by atoms with van der Waals surface area (Å²) >= 11 is 0. The summed E-state index contributed by atoms with van der Waals surface area (Å²) < 4.78 is 0. The molecule has 5 heteroatoms. The number of amides is 1. The molecule has 0 saturated carbocycles. The molecule has 0 spiro atoms. The number of hydrogen-bond acceptors (Lipinski definition) is 4. The zero-order valence-electron chi connectivity index (χ0n) is 35.9. The van der Waals surface area contributed by atoms with Gasteiger partial charge in [0.15, 0.2) is 0 Å². The molecule has 0 bridgehead atoms. The average Bonchev–Trinajstić information content (AvgIpc) is 3.15. The van der Waals surface area contributed by atoms with Crippen molar-refractivity contribution in [2.75, 3.05) is 6.61 Å². The van der Waals surface area contributed by atoms with Gasteiger partial charge in [-0.2, -0.15) is 0 Å². The van der Waals surface area contributed by atoms with Crippen molar-refractivity contribution in [3.8, 4) is 0 Å². The minimum Gasteiger partial charge on any atom is -0.394 e. The molecule has 316 valence electrons. The number of hydrogen-bond donors (Lipinski definition) is 4. The van der Waals surface area contributed by atoms with Crippen LogP contribution in [0.25, 0.3) is 0 Å². The van der Waals surface area contributed by atoms with Crippen LogP contribution >= 0.6 is 0 Å². The number of carbonyl (C=O) groups is 1. The van der Waals surface area contributed by atoms with E-state index in [2.05, 4.69) is 31.3 Å². The Balaban J connectivity index is 3.58. The van der Waals surface area contributed by atoms with Crippen LogP contribution in [0.4, 0.5) is 0 Å². The van der Waals surface area contributed by atoms with E-state index in [0.29, 0.717) is 12.8 Å². The molecular weight excluding hydrogens is 655 g/mol. The fraction of sp³-hybridized carbons (Fsp3) is 0.938. The lowest BCUT2D eigenvalue weighted by atomic mass is 10.0. The molecule has 1 amide bonds. The van der Waals surface area contributed by atoms with Crippen LogP contribution in [0.1, 0.15) is 264 Å². The molecule has 0 aromatic heterocycles. The van der Waals surface area contributed by atoms with Gasteiger partial charge >= 0.3 is 0 Å². The Morgan fingerprint density at radius 1 is 0.453 bits per heavy atom. The third kappa shape index (κ3) is 40.6. The molecule has 5 nitrogen and oxygen atoms in total. The highest BCUT2D eigenvalue weighted by Gasteiger charge is 2.21. The third-order valence-corrected chi connectivity index (χ3v) is 11.3. The van der Waals surface area contributed by atoms with Crippen molar-refractivity contribution in [2.24, 2.45) is 0 Å². The van der Waals surface area contributed by atoms with E-state index in [0.717, 1.165) is 32.1 Å². The number of aliphatic hydroxyl groups excluding tert-OH is 3. The molecule has 3 unspecified atom stereocenters. The van der Waals surface area contributed by atoms with Crippen LogP contribution in [0.3, 0.4) is 0 Å². The lowest BCUT2D eigenvalue weighted by Crippen LogP contribution is -2.46. The van der Waals surface area contributed by atoms with Gasteiger partial charge in [0.2, 0.25) is 5.91 Å². The van der Waals surface area contributed by atoms with Crippen LogP contribution < -0.4 is 5.32 Å². The van der Waals surface area contributed by atoms with Crippen LogP contribution in [0.5, 0.6) is 0 Å². The van der Waals surface area contributed by atoms with Crippen LogP contribution in [0.15, 0.2) is 12.2 Å². The van der Waals surface area contributed by atoms with Gasteiger partial charge in [-0.15, -0.1) is 0 Å². The first-order valence-electron chi connectivity index (χ1n) is 24.0. The Bertz CT molecular complexity index is 743. The van der Waals surface area contributed by atoms with Gasteiger partial charge in [-0.05, 0) is 38.5 Å². The Hall–Kier alpha value is -0.910. The standard InChI is InChI=1S/C48H95NO4/c1-3-5-7-9-11-13-15-17-19-21-22-23-24-26-28-30-32-34-36-38-40-42-47(52)46(44-50)49-48(53)43-45(51)41-39-37-35-33-31-29-27-25-20-18-16-14-12-10-8-6-4-2/h25,27,45-47,50-52H,3-24,26,28-44H2,1-2H3,(H,49,53)/b27-25-. The minimum absolute atomic E-state index is 0.0340. The fourth-order valence-corrected chi connectivity index (χ4v) is 7.64. The number of nitrogens with one attached hydrogen (secondary N) is 1. The predicted octanol–water partition coefficient (Wildman–Crippen LogP) is 14.0. The molecule has 0 saturated heterocycles. The van der Waals surface area contributed by atoms with E-state index in [9.17, 15) is 20.1 Å². The number of allylic oxidation sites excluding steroid dienone is 2. The number of aliphatic hydroxyl groups is 3. The maximum Gasteiger partial charge on any atom is 0.222 e. The maximum absolute atomic E-state index is 12.5. The SMILES string of the molecule is CCCCCCCCCC/C=C\CCCCCCCC(O)CC(=O)NC(CO)C(O)CCCCCCCCCCCCCCCCCCCCCCC. The third-order valence-electron chi connectivity index (χ3n) is 11.3. The molecule has 0 radical (unpaired) electrons. The van der Waals surface area contributed by atoms with Gasteiger partial charge in [-0.1, -0.05) is 231 Å². The highest BCUT2D eigenvalue weighted by Crippen LogP contribution is 2.17. The Morgan fingerprint density at radius 2 is 0.755 bits per heavy atom. The molecule has 0 aliphatic rings. The molecule has 4 N–H and O–H groups in total. The maximum atomic E-state index is 12.5. The first-order chi connectivity index (χ1) is 26.0. The quantitative estimate of drug-likeness (QED) is 0.0369. The molecule has 0 aromatic carbocycles. The largest absolute Gasteiger partial charge is 0.394 e. The van der Waals surface area contributed by atoms with Gasteiger partial charge in [0.25, 0.3) is 0 Å². The van der Waals surface area contributed by atoms with Crippen molar-refractivity contribution in [3.05, 3.63) is 12.2 Å². The van der Waals surface area contributed by atoms with Crippen molar-refractivity contribution in [1.29, 1.82) is 0 Å². The van der Waals surface area contributed by atoms with E-state index < -0.39 is 18.2 Å². The summed E-state index contributed by atoms with van der Waals surface area (Å²) in [5, 5.41) is 33.5. The zero-order valence-corrected chi connectivity index (χ0v) is 35.9. The highest BCUT2D eigenvalue weighted by atomic mass is 16.3. The number of carbonyl (C=O) groups excluding carboxylic acids is 1. The molecule has 0 aliphatic heterocycles. The van der Waals surface area contributed by atoms with Crippen molar-refractivity contribution in [2.45, 2.75) is 283 Å². The summed E-state index contributed by atoms with van der Waals surface area (Å²) in [4.78, 5) is 12.5. The van der Waals surface area contributed by atoms with Crippen molar-refractivity contribution >= 4 is 5.91 Å². The highest BCUT2D eigenvalue weighted by molar-refractivity contribution is 5.76. The smallest absolute Gasteiger partial charge is 0.222 e. The summed E-state index contributed by atoms with van der Waals surface area (Å²) in [7, 11) is 0. The molecule has 0 fully saturated rings. The summed E-state index contributed by atoms with van der Waals surface area (Å²) in [6.07, 6.45) is 51.9. The van der Waals surface area contributed by atoms with E-state index in [4.69, 9.17) is 0 Å². The second-order valence-corrected chi connectivity index (χ2v) is 16.7. The summed E-state index contributed by atoms with van der Waals surface area (Å²) in [6.45, 7) is 4.28. The van der Waals surface area contributed by atoms with Gasteiger partial charge in [0.05, 0.1) is 31.3 Å². The molecular formula is C48H95NO4. The monoisotopic (exact) mass is 750 g/mol. The lowest BCUT2D eigenvalue weighted by molar-refractivity contribution is -0.125. The van der Waals surface area contributed by atoms with Crippen LogP contribution in [-0.4, -0.2) is 46.1 Å². The molecule has 0 aromatic rings. The van der Waals surface area contributed by atoms with Crippen molar-refractivity contribution in [1.82, 2.24) is 5.32 Å². The lowest BCUT2D eigenvalue weighted by Gasteiger charge is -2.23. The molecule has 0 heterocycles. The molecule has 0 aliphatic carbocycles. The second-order valence-electron chi connectivity index (χ2n) is 16.7. The van der Waals surface area contributed by atoms with Crippen molar-refractivity contribution in [3.63, 3.8) is 0 Å². The molecule has 3 atom stereocenters. The van der Waals surface area contributed by atoms with Gasteiger partial charge < -0.3 is 20.6 Å². The first-order valence-corrected chi connectivity index (χ1v) is 24.0. The summed E-state index contributed by atoms with van der Waals surface area (Å²) in [6, 6.07) is -0.658. The van der Waals surface area contributed by atoms with Gasteiger partial charge in [-0.3, -0.25) is 4.79 Å². The van der Waals surface area contributed by atoms with Gasteiger partial charge in [0.1, 0.15) is 0 Å². The van der Waals surface area contributed by atoms with E-state index in [1.54, 1.807) is 0 Å². The molecule has 53 heavy (non-hydrogen) atoms. The predicted molar refractivity (Wildman–Crippen MR) is 232 cm³/mol. The van der Waals surface area contributed by atoms with E-state index in [1.807, 2.05) is 0 Å². The Labute approximate surface area is 331 Å². The Kier molecular flexibility index (Phi) is 43.1. The van der Waals surface area contributed by atoms with E-state index in [1.165, 1.54) is 199 Å². The normalized spacial score (nSPS) is 13.5. The minimum atomic E-state index is -0.749. The first kappa shape index (κ1) is 52.1. The number of unbranched alkanes of at least 4 members (excludes halogenated alkanes) is 33. The van der Waals surface area contributed by atoms with Gasteiger partial charge in [-0.25, -0.2) is 0 Å². The van der Waals surface area contributed by atoms with E-state index in [-0.39, 0.29) is 18.9 Å². The summed E-state index contributed by atoms with van der Waals surface area (Å²) in [5.41, 5.74) is 0. The topological polar surface area (TPSA) is 89.8 Å². The second kappa shape index (κ2) is 43.8. The zero-order chi connectivity index (χ0) is 38.7. The van der Waals surface area contributed by atoms with Crippen LogP contribution in [0, 0.1) is 0 Å². The molecule has 0 rings (SSSR count). The van der Waals surface area contributed by atoms with E-state index >= 15 is 0 Å². The number of rotatable bonds is 44. The van der Waals surface area contributed by atoms with Crippen molar-refractivity contribution < 1.29 is 20.1 Å².